The molecule has 140 valence electrons. The van der Waals surface area contributed by atoms with Crippen LogP contribution >= 0.6 is 0 Å². The van der Waals surface area contributed by atoms with Crippen LogP contribution in [0.2, 0.25) is 0 Å². The molecule has 2 aliphatic rings. The number of rotatable bonds is 2. The van der Waals surface area contributed by atoms with Gasteiger partial charge in [-0.15, -0.1) is 0 Å². The summed E-state index contributed by atoms with van der Waals surface area (Å²) in [7, 11) is 0. The van der Waals surface area contributed by atoms with Crippen LogP contribution in [-0.4, -0.2) is 10.7 Å². The minimum absolute atomic E-state index is 0.611. The lowest BCUT2D eigenvalue weighted by Gasteiger charge is -2.29. The van der Waals surface area contributed by atoms with Crippen LogP contribution in [0.25, 0.3) is 0 Å². The Morgan fingerprint density at radius 3 is 2.07 bits per heavy atom. The van der Waals surface area contributed by atoms with Gasteiger partial charge in [-0.2, -0.15) is 0 Å². The lowest BCUT2D eigenvalue weighted by atomic mass is 9.90. The van der Waals surface area contributed by atoms with Crippen molar-refractivity contribution in [1.29, 1.82) is 0 Å². The van der Waals surface area contributed by atoms with E-state index in [4.69, 9.17) is 4.74 Å². The van der Waals surface area contributed by atoms with E-state index in [1.165, 1.54) is 5.56 Å². The minimum atomic E-state index is -0.635. The van der Waals surface area contributed by atoms with Gasteiger partial charge in [-0.3, -0.25) is 0 Å². The van der Waals surface area contributed by atoms with Crippen molar-refractivity contribution < 1.29 is 9.84 Å². The Morgan fingerprint density at radius 2 is 1.44 bits per heavy atom. The number of anilines is 2. The van der Waals surface area contributed by atoms with Crippen LogP contribution in [0, 0.1) is 20.8 Å². The molecular formula is C23H26N2O2. The maximum absolute atomic E-state index is 10.8. The van der Waals surface area contributed by atoms with Crippen molar-refractivity contribution >= 4 is 11.4 Å². The number of fused-ring (bicyclic) bond motifs is 1. The molecule has 0 aromatic heterocycles. The quantitative estimate of drug-likeness (QED) is 0.808. The molecule has 0 fully saturated rings. The highest BCUT2D eigenvalue weighted by Crippen LogP contribution is 2.50. The smallest absolute Gasteiger partial charge is 0.133 e. The number of hydrogen-bond donors (Lipinski definition) is 1. The Hall–Kier alpha value is -2.72. The number of hydrogen-bond acceptors (Lipinski definition) is 4. The molecule has 0 saturated carbocycles. The van der Waals surface area contributed by atoms with Crippen molar-refractivity contribution in [2.24, 2.45) is 0 Å². The van der Waals surface area contributed by atoms with Gasteiger partial charge in [0.25, 0.3) is 0 Å². The molecular weight excluding hydrogens is 336 g/mol. The molecule has 0 aliphatic carbocycles. The normalized spacial score (nSPS) is 20.0. The number of nitrogens with zero attached hydrogens (tertiary/aromatic N) is 2. The van der Waals surface area contributed by atoms with Gasteiger partial charge < -0.3 is 19.6 Å². The molecule has 1 N–H and O–H groups in total. The molecule has 0 spiro atoms. The molecule has 1 atom stereocenters. The summed E-state index contributed by atoms with van der Waals surface area (Å²) in [6, 6.07) is 10.2. The Labute approximate surface area is 161 Å². The van der Waals surface area contributed by atoms with Gasteiger partial charge in [0.1, 0.15) is 17.5 Å². The molecule has 0 bridgehead atoms. The predicted molar refractivity (Wildman–Crippen MR) is 110 cm³/mol. The Morgan fingerprint density at radius 1 is 0.852 bits per heavy atom. The van der Waals surface area contributed by atoms with Gasteiger partial charge in [0.05, 0.1) is 5.69 Å². The first-order chi connectivity index (χ1) is 12.8. The first-order valence-electron chi connectivity index (χ1n) is 9.30. The van der Waals surface area contributed by atoms with Gasteiger partial charge >= 0.3 is 0 Å². The second kappa shape index (κ2) is 6.17. The molecule has 27 heavy (non-hydrogen) atoms. The van der Waals surface area contributed by atoms with Crippen LogP contribution in [0.5, 0.6) is 5.75 Å². The lowest BCUT2D eigenvalue weighted by molar-refractivity contribution is 0.000147. The SMILES string of the molecule is Cc1c(C)c(N2C=CN(c3ccccc3)C=C2)c(C)c2c1OC(C)(C)C2O. The van der Waals surface area contributed by atoms with E-state index in [1.807, 2.05) is 44.4 Å². The molecule has 4 nitrogen and oxygen atoms in total. The van der Waals surface area contributed by atoms with E-state index in [0.717, 1.165) is 33.8 Å². The first kappa shape index (κ1) is 17.7. The average Bonchev–Trinajstić information content (AvgIpc) is 2.91. The third-order valence-electron chi connectivity index (χ3n) is 5.65. The number of para-hydroxylation sites is 1. The fourth-order valence-electron chi connectivity index (χ4n) is 3.95. The molecule has 2 aliphatic heterocycles. The van der Waals surface area contributed by atoms with Crippen molar-refractivity contribution in [1.82, 2.24) is 0 Å². The van der Waals surface area contributed by atoms with E-state index >= 15 is 0 Å². The summed E-state index contributed by atoms with van der Waals surface area (Å²) < 4.78 is 6.10. The van der Waals surface area contributed by atoms with E-state index in [2.05, 4.69) is 55.1 Å². The van der Waals surface area contributed by atoms with Crippen LogP contribution in [-0.2, 0) is 0 Å². The largest absolute Gasteiger partial charge is 0.484 e. The maximum Gasteiger partial charge on any atom is 0.133 e. The van der Waals surface area contributed by atoms with Gasteiger partial charge in [-0.05, 0) is 63.4 Å². The summed E-state index contributed by atoms with van der Waals surface area (Å²) in [6.45, 7) is 10.1. The topological polar surface area (TPSA) is 35.9 Å². The van der Waals surface area contributed by atoms with Gasteiger partial charge in [0.2, 0.25) is 0 Å². The van der Waals surface area contributed by atoms with Crippen LogP contribution in [0.3, 0.4) is 0 Å². The standard InChI is InChI=1S/C23H26N2O2/c1-15-16(2)21-19(22(26)23(4,5)27-21)17(3)20(15)25-13-11-24(12-14-25)18-9-7-6-8-10-18/h6-14,22,26H,1-5H3. The summed E-state index contributed by atoms with van der Waals surface area (Å²) in [5.41, 5.74) is 5.83. The van der Waals surface area contributed by atoms with Crippen LogP contribution in [0.15, 0.2) is 55.1 Å². The van der Waals surface area contributed by atoms with Crippen LogP contribution in [0.4, 0.5) is 11.4 Å². The van der Waals surface area contributed by atoms with Crippen molar-refractivity contribution in [3.05, 3.63) is 77.4 Å². The molecule has 2 heterocycles. The minimum Gasteiger partial charge on any atom is -0.484 e. The number of aliphatic hydroxyl groups is 1. The second-order valence-corrected chi connectivity index (χ2v) is 7.82. The summed E-state index contributed by atoms with van der Waals surface area (Å²) in [5.74, 6) is 0.835. The second-order valence-electron chi connectivity index (χ2n) is 7.82. The van der Waals surface area contributed by atoms with Crippen LogP contribution < -0.4 is 14.5 Å². The predicted octanol–water partition coefficient (Wildman–Crippen LogP) is 5.09. The zero-order valence-electron chi connectivity index (χ0n) is 16.5. The van der Waals surface area contributed by atoms with E-state index in [0.29, 0.717) is 0 Å². The first-order valence-corrected chi connectivity index (χ1v) is 9.30. The molecule has 0 radical (unpaired) electrons. The Balaban J connectivity index is 1.74. The monoisotopic (exact) mass is 362 g/mol. The third kappa shape index (κ3) is 2.72. The fraction of sp³-hybridized carbons (Fsp3) is 0.304. The van der Waals surface area contributed by atoms with E-state index < -0.39 is 11.7 Å². The number of ether oxygens (including phenoxy) is 1. The molecule has 4 rings (SSSR count). The zero-order valence-corrected chi connectivity index (χ0v) is 16.5. The van der Waals surface area contributed by atoms with Gasteiger partial charge in [-0.25, -0.2) is 0 Å². The van der Waals surface area contributed by atoms with Gasteiger partial charge in [0, 0.05) is 36.1 Å². The van der Waals surface area contributed by atoms with Crippen molar-refractivity contribution in [2.45, 2.75) is 46.3 Å². The summed E-state index contributed by atoms with van der Waals surface area (Å²) in [6.07, 6.45) is 7.58. The fourth-order valence-corrected chi connectivity index (χ4v) is 3.95. The third-order valence-corrected chi connectivity index (χ3v) is 5.65. The molecule has 2 aromatic rings. The van der Waals surface area contributed by atoms with Crippen molar-refractivity contribution in [3.63, 3.8) is 0 Å². The highest BCUT2D eigenvalue weighted by Gasteiger charge is 2.43. The van der Waals surface area contributed by atoms with E-state index in [-0.39, 0.29) is 0 Å². The molecule has 0 saturated heterocycles. The van der Waals surface area contributed by atoms with Gasteiger partial charge in [0.15, 0.2) is 0 Å². The Bertz CT molecular complexity index is 931. The number of benzene rings is 2. The van der Waals surface area contributed by atoms with Crippen LogP contribution in [0.1, 0.15) is 42.2 Å². The number of aliphatic hydroxyl groups excluding tert-OH is 1. The summed E-state index contributed by atoms with van der Waals surface area (Å²) in [5, 5.41) is 10.8. The highest BCUT2D eigenvalue weighted by atomic mass is 16.5. The summed E-state index contributed by atoms with van der Waals surface area (Å²) in [4.78, 5) is 4.21. The molecule has 0 amide bonds. The summed E-state index contributed by atoms with van der Waals surface area (Å²) >= 11 is 0. The lowest BCUT2D eigenvalue weighted by Crippen LogP contribution is -2.30. The van der Waals surface area contributed by atoms with Crippen molar-refractivity contribution in [2.75, 3.05) is 9.80 Å². The molecule has 1 unspecified atom stereocenters. The van der Waals surface area contributed by atoms with E-state index in [9.17, 15) is 5.11 Å². The molecule has 4 heteroatoms. The Kier molecular flexibility index (Phi) is 4.04. The zero-order chi connectivity index (χ0) is 19.3. The molecule has 2 aromatic carbocycles. The van der Waals surface area contributed by atoms with E-state index in [1.54, 1.807) is 0 Å². The maximum atomic E-state index is 10.8. The van der Waals surface area contributed by atoms with Crippen molar-refractivity contribution in [3.8, 4) is 5.75 Å². The average molecular weight is 362 g/mol. The highest BCUT2D eigenvalue weighted by molar-refractivity contribution is 5.73. The van der Waals surface area contributed by atoms with Gasteiger partial charge in [-0.1, -0.05) is 18.2 Å².